The van der Waals surface area contributed by atoms with Gasteiger partial charge in [-0.2, -0.15) is 5.26 Å². The standard InChI is InChI=1S/C18H19NO/c1-13-6-4-7-14(2)17(13)11-18(3,20)16-9-5-8-15(10-16)12-19/h4-10,20H,11H2,1-3H3. The van der Waals surface area contributed by atoms with E-state index < -0.39 is 5.60 Å². The lowest BCUT2D eigenvalue weighted by Crippen LogP contribution is -2.25. The van der Waals surface area contributed by atoms with Crippen LogP contribution < -0.4 is 0 Å². The molecule has 2 aromatic rings. The molecule has 0 saturated heterocycles. The van der Waals surface area contributed by atoms with Gasteiger partial charge in [0.2, 0.25) is 0 Å². The lowest BCUT2D eigenvalue weighted by molar-refractivity contribution is 0.0573. The summed E-state index contributed by atoms with van der Waals surface area (Å²) < 4.78 is 0. The molecule has 0 fully saturated rings. The third-order valence-corrected chi connectivity index (χ3v) is 3.78. The Kier molecular flexibility index (Phi) is 3.92. The third kappa shape index (κ3) is 2.89. The molecule has 0 amide bonds. The molecule has 2 rings (SSSR count). The van der Waals surface area contributed by atoms with E-state index in [4.69, 9.17) is 5.26 Å². The number of hydrogen-bond donors (Lipinski definition) is 1. The monoisotopic (exact) mass is 265 g/mol. The van der Waals surface area contributed by atoms with Crippen LogP contribution in [0, 0.1) is 25.2 Å². The summed E-state index contributed by atoms with van der Waals surface area (Å²) in [7, 11) is 0. The van der Waals surface area contributed by atoms with E-state index in [0.29, 0.717) is 12.0 Å². The Hall–Kier alpha value is -2.11. The molecule has 0 saturated carbocycles. The molecule has 20 heavy (non-hydrogen) atoms. The predicted molar refractivity (Wildman–Crippen MR) is 80.3 cm³/mol. The quantitative estimate of drug-likeness (QED) is 0.921. The van der Waals surface area contributed by atoms with Crippen LogP contribution in [-0.4, -0.2) is 5.11 Å². The molecule has 2 aromatic carbocycles. The van der Waals surface area contributed by atoms with Gasteiger partial charge in [0, 0.05) is 6.42 Å². The summed E-state index contributed by atoms with van der Waals surface area (Å²) in [6.45, 7) is 5.92. The normalized spacial score (nSPS) is 13.6. The van der Waals surface area contributed by atoms with Crippen LogP contribution in [0.25, 0.3) is 0 Å². The average molecular weight is 265 g/mol. The molecule has 102 valence electrons. The highest BCUT2D eigenvalue weighted by Crippen LogP contribution is 2.28. The van der Waals surface area contributed by atoms with Crippen molar-refractivity contribution in [2.75, 3.05) is 0 Å². The van der Waals surface area contributed by atoms with E-state index in [9.17, 15) is 5.11 Å². The second-order valence-corrected chi connectivity index (χ2v) is 5.51. The molecule has 0 heterocycles. The topological polar surface area (TPSA) is 44.0 Å². The van der Waals surface area contributed by atoms with Gasteiger partial charge in [-0.05, 0) is 55.2 Å². The Morgan fingerprint density at radius 3 is 2.30 bits per heavy atom. The van der Waals surface area contributed by atoms with Gasteiger partial charge >= 0.3 is 0 Å². The second-order valence-electron chi connectivity index (χ2n) is 5.51. The number of nitriles is 1. The van der Waals surface area contributed by atoms with E-state index >= 15 is 0 Å². The van der Waals surface area contributed by atoms with Crippen molar-refractivity contribution in [3.63, 3.8) is 0 Å². The lowest BCUT2D eigenvalue weighted by Gasteiger charge is -2.26. The Bertz CT molecular complexity index is 645. The Morgan fingerprint density at radius 1 is 1.10 bits per heavy atom. The first-order valence-corrected chi connectivity index (χ1v) is 6.72. The van der Waals surface area contributed by atoms with Crippen molar-refractivity contribution in [1.82, 2.24) is 0 Å². The van der Waals surface area contributed by atoms with Crippen LogP contribution in [0.4, 0.5) is 0 Å². The fourth-order valence-corrected chi connectivity index (χ4v) is 2.50. The summed E-state index contributed by atoms with van der Waals surface area (Å²) in [5.74, 6) is 0. The molecule has 2 heteroatoms. The summed E-state index contributed by atoms with van der Waals surface area (Å²) in [5.41, 5.74) is 3.90. The van der Waals surface area contributed by atoms with Gasteiger partial charge in [0.05, 0.1) is 17.2 Å². The molecule has 0 aromatic heterocycles. The van der Waals surface area contributed by atoms with E-state index in [1.165, 1.54) is 16.7 Å². The molecule has 0 radical (unpaired) electrons. The fraction of sp³-hybridized carbons (Fsp3) is 0.278. The van der Waals surface area contributed by atoms with Gasteiger partial charge in [-0.15, -0.1) is 0 Å². The first-order chi connectivity index (χ1) is 9.44. The van der Waals surface area contributed by atoms with Gasteiger partial charge in [0.1, 0.15) is 0 Å². The lowest BCUT2D eigenvalue weighted by atomic mass is 9.85. The van der Waals surface area contributed by atoms with E-state index in [1.807, 2.05) is 18.2 Å². The molecule has 1 unspecified atom stereocenters. The maximum Gasteiger partial charge on any atom is 0.0991 e. The Balaban J connectivity index is 2.38. The molecular formula is C18H19NO. The van der Waals surface area contributed by atoms with Crippen LogP contribution in [0.2, 0.25) is 0 Å². The molecule has 0 spiro atoms. The molecule has 0 aliphatic carbocycles. The zero-order valence-corrected chi connectivity index (χ0v) is 12.1. The highest BCUT2D eigenvalue weighted by molar-refractivity contribution is 5.39. The summed E-state index contributed by atoms with van der Waals surface area (Å²) in [6, 6.07) is 15.4. The highest BCUT2D eigenvalue weighted by Gasteiger charge is 2.25. The minimum atomic E-state index is -0.982. The van der Waals surface area contributed by atoms with Crippen molar-refractivity contribution in [2.45, 2.75) is 32.8 Å². The number of nitrogens with zero attached hydrogens (tertiary/aromatic N) is 1. The maximum atomic E-state index is 10.8. The van der Waals surface area contributed by atoms with Gasteiger partial charge in [0.25, 0.3) is 0 Å². The number of aryl methyl sites for hydroxylation is 2. The summed E-state index contributed by atoms with van der Waals surface area (Å²) in [5, 5.41) is 19.8. The van der Waals surface area contributed by atoms with E-state index in [2.05, 4.69) is 32.0 Å². The van der Waals surface area contributed by atoms with E-state index in [1.54, 1.807) is 19.1 Å². The van der Waals surface area contributed by atoms with Crippen LogP contribution >= 0.6 is 0 Å². The SMILES string of the molecule is Cc1cccc(C)c1CC(C)(O)c1cccc(C#N)c1. The van der Waals surface area contributed by atoms with Gasteiger partial charge in [0.15, 0.2) is 0 Å². The molecular weight excluding hydrogens is 246 g/mol. The second kappa shape index (κ2) is 5.48. The highest BCUT2D eigenvalue weighted by atomic mass is 16.3. The summed E-state index contributed by atoms with van der Waals surface area (Å²) in [6.07, 6.45) is 0.542. The van der Waals surface area contributed by atoms with Crippen molar-refractivity contribution in [1.29, 1.82) is 5.26 Å². The van der Waals surface area contributed by atoms with Crippen molar-refractivity contribution in [3.05, 3.63) is 70.3 Å². The van der Waals surface area contributed by atoms with Gasteiger partial charge in [-0.3, -0.25) is 0 Å². The van der Waals surface area contributed by atoms with Crippen LogP contribution in [0.3, 0.4) is 0 Å². The van der Waals surface area contributed by atoms with Crippen LogP contribution in [0.1, 0.15) is 34.7 Å². The van der Waals surface area contributed by atoms with Gasteiger partial charge in [-0.1, -0.05) is 30.3 Å². The molecule has 0 bridgehead atoms. The van der Waals surface area contributed by atoms with Crippen molar-refractivity contribution in [2.24, 2.45) is 0 Å². The van der Waals surface area contributed by atoms with Crippen LogP contribution in [0.15, 0.2) is 42.5 Å². The van der Waals surface area contributed by atoms with Crippen LogP contribution in [0.5, 0.6) is 0 Å². The van der Waals surface area contributed by atoms with E-state index in [-0.39, 0.29) is 0 Å². The number of aliphatic hydroxyl groups is 1. The van der Waals surface area contributed by atoms with Crippen molar-refractivity contribution < 1.29 is 5.11 Å². The first-order valence-electron chi connectivity index (χ1n) is 6.72. The number of hydrogen-bond acceptors (Lipinski definition) is 2. The molecule has 0 aliphatic rings. The summed E-state index contributed by atoms with van der Waals surface area (Å²) in [4.78, 5) is 0. The largest absolute Gasteiger partial charge is 0.385 e. The Morgan fingerprint density at radius 2 is 1.70 bits per heavy atom. The zero-order valence-electron chi connectivity index (χ0n) is 12.1. The molecule has 1 N–H and O–H groups in total. The van der Waals surface area contributed by atoms with Crippen LogP contribution in [-0.2, 0) is 12.0 Å². The fourth-order valence-electron chi connectivity index (χ4n) is 2.50. The van der Waals surface area contributed by atoms with Crippen molar-refractivity contribution in [3.8, 4) is 6.07 Å². The molecule has 1 atom stereocenters. The van der Waals surface area contributed by atoms with Crippen molar-refractivity contribution >= 4 is 0 Å². The molecule has 2 nitrogen and oxygen atoms in total. The number of rotatable bonds is 3. The average Bonchev–Trinajstić information content (AvgIpc) is 2.43. The minimum absolute atomic E-state index is 0.542. The summed E-state index contributed by atoms with van der Waals surface area (Å²) >= 11 is 0. The number of benzene rings is 2. The van der Waals surface area contributed by atoms with Gasteiger partial charge < -0.3 is 5.11 Å². The molecule has 0 aliphatic heterocycles. The maximum absolute atomic E-state index is 10.8. The first kappa shape index (κ1) is 14.3. The Labute approximate surface area is 120 Å². The zero-order chi connectivity index (χ0) is 14.8. The van der Waals surface area contributed by atoms with E-state index in [0.717, 1.165) is 5.56 Å². The smallest absolute Gasteiger partial charge is 0.0991 e. The third-order valence-electron chi connectivity index (χ3n) is 3.78. The predicted octanol–water partition coefficient (Wildman–Crippen LogP) is 3.63. The van der Waals surface area contributed by atoms with Gasteiger partial charge in [-0.25, -0.2) is 0 Å². The minimum Gasteiger partial charge on any atom is -0.385 e.